The van der Waals surface area contributed by atoms with E-state index in [0.29, 0.717) is 38.5 Å². The van der Waals surface area contributed by atoms with Crippen LogP contribution in [0.15, 0.2) is 51.6 Å². The summed E-state index contributed by atoms with van der Waals surface area (Å²) in [6.07, 6.45) is 1.49. The molecule has 3 aromatic rings. The molecule has 0 radical (unpaired) electrons. The van der Waals surface area contributed by atoms with Crippen molar-refractivity contribution in [3.05, 3.63) is 58.6 Å². The Balaban J connectivity index is 1.43. The molecule has 0 unspecified atom stereocenters. The van der Waals surface area contributed by atoms with Gasteiger partial charge < -0.3 is 18.8 Å². The number of hydrogen-bond acceptors (Lipinski definition) is 3. The molecule has 0 spiro atoms. The maximum absolute atomic E-state index is 12.8. The highest BCUT2D eigenvalue weighted by atomic mass is 79.9. The molecule has 0 N–H and O–H groups in total. The van der Waals surface area contributed by atoms with E-state index in [4.69, 9.17) is 4.42 Å². The van der Waals surface area contributed by atoms with Gasteiger partial charge >= 0.3 is 0 Å². The van der Waals surface area contributed by atoms with Gasteiger partial charge in [-0.3, -0.25) is 9.59 Å². The molecule has 0 bridgehead atoms. The fourth-order valence-electron chi connectivity index (χ4n) is 3.54. The zero-order valence-electron chi connectivity index (χ0n) is 15.0. The number of aromatic nitrogens is 1. The number of carbonyl (C=O) groups excluding carboxylic acids is 2. The van der Waals surface area contributed by atoms with Crippen molar-refractivity contribution in [2.75, 3.05) is 26.2 Å². The number of carbonyl (C=O) groups is 2. The highest BCUT2D eigenvalue weighted by Crippen LogP contribution is 2.30. The summed E-state index contributed by atoms with van der Waals surface area (Å²) in [5, 5.41) is 1.11. The Morgan fingerprint density at radius 2 is 1.74 bits per heavy atom. The lowest BCUT2D eigenvalue weighted by atomic mass is 10.2. The number of hydrogen-bond donors (Lipinski definition) is 0. The Bertz CT molecular complexity index is 985. The average molecular weight is 430 g/mol. The molecule has 4 rings (SSSR count). The molecule has 27 heavy (non-hydrogen) atoms. The third-order valence-electron chi connectivity index (χ3n) is 5.10. The second kappa shape index (κ2) is 7.23. The van der Waals surface area contributed by atoms with Gasteiger partial charge in [-0.25, -0.2) is 0 Å². The zero-order valence-corrected chi connectivity index (χ0v) is 16.6. The number of rotatable bonds is 3. The van der Waals surface area contributed by atoms with Gasteiger partial charge in [-0.15, -0.1) is 0 Å². The van der Waals surface area contributed by atoms with Crippen molar-refractivity contribution in [2.45, 2.75) is 13.5 Å². The topological polar surface area (TPSA) is 58.7 Å². The lowest BCUT2D eigenvalue weighted by molar-refractivity contribution is -0.133. The predicted octanol–water partition coefficient (Wildman–Crippen LogP) is 3.29. The third kappa shape index (κ3) is 3.27. The number of halogens is 1. The van der Waals surface area contributed by atoms with Crippen LogP contribution in [0.5, 0.6) is 0 Å². The Labute approximate surface area is 165 Å². The summed E-state index contributed by atoms with van der Waals surface area (Å²) in [5.41, 5.74) is 2.08. The first-order valence-corrected chi connectivity index (χ1v) is 9.69. The van der Waals surface area contributed by atoms with Crippen molar-refractivity contribution in [1.82, 2.24) is 14.4 Å². The van der Waals surface area contributed by atoms with Gasteiger partial charge in [-0.05, 0) is 41.1 Å². The van der Waals surface area contributed by atoms with Crippen molar-refractivity contribution in [2.24, 2.45) is 0 Å². The summed E-state index contributed by atoms with van der Waals surface area (Å²) in [7, 11) is 0. The second-order valence-corrected chi connectivity index (χ2v) is 7.45. The van der Waals surface area contributed by atoms with Gasteiger partial charge in [0.05, 0.1) is 6.26 Å². The number of amides is 2. The first-order valence-electron chi connectivity index (χ1n) is 8.90. The molecule has 0 aliphatic carbocycles. The maximum Gasteiger partial charge on any atom is 0.289 e. The van der Waals surface area contributed by atoms with Crippen LogP contribution in [0.2, 0.25) is 0 Å². The van der Waals surface area contributed by atoms with Crippen LogP contribution in [0.3, 0.4) is 0 Å². The van der Waals surface area contributed by atoms with Crippen LogP contribution >= 0.6 is 15.9 Å². The van der Waals surface area contributed by atoms with Crippen LogP contribution in [0, 0.1) is 6.92 Å². The second-order valence-electron chi connectivity index (χ2n) is 6.65. The van der Waals surface area contributed by atoms with Gasteiger partial charge in [-0.1, -0.05) is 18.2 Å². The van der Waals surface area contributed by atoms with E-state index in [0.717, 1.165) is 21.1 Å². The van der Waals surface area contributed by atoms with Crippen molar-refractivity contribution in [1.29, 1.82) is 0 Å². The molecule has 1 fully saturated rings. The first kappa shape index (κ1) is 17.9. The molecule has 1 aromatic carbocycles. The SMILES string of the molecule is Cc1c(Br)c2ccccc2n1CC(=O)N1CCN(C(=O)c2ccco2)CC1. The number of piperazine rings is 1. The average Bonchev–Trinajstić information content (AvgIpc) is 3.32. The summed E-state index contributed by atoms with van der Waals surface area (Å²) < 4.78 is 8.25. The van der Waals surface area contributed by atoms with E-state index < -0.39 is 0 Å². The number of benzene rings is 1. The minimum atomic E-state index is -0.122. The Hall–Kier alpha value is -2.54. The summed E-state index contributed by atoms with van der Waals surface area (Å²) in [6, 6.07) is 11.4. The fraction of sp³-hybridized carbons (Fsp3) is 0.300. The summed E-state index contributed by atoms with van der Waals surface area (Å²) in [6.45, 7) is 4.40. The van der Waals surface area contributed by atoms with E-state index in [1.807, 2.05) is 40.7 Å². The van der Waals surface area contributed by atoms with Crippen LogP contribution in [0.25, 0.3) is 10.9 Å². The Morgan fingerprint density at radius 1 is 1.04 bits per heavy atom. The summed E-state index contributed by atoms with van der Waals surface area (Å²) in [5.74, 6) is 0.286. The number of fused-ring (bicyclic) bond motifs is 1. The van der Waals surface area contributed by atoms with Crippen molar-refractivity contribution < 1.29 is 14.0 Å². The van der Waals surface area contributed by atoms with Crippen molar-refractivity contribution in [3.63, 3.8) is 0 Å². The van der Waals surface area contributed by atoms with Gasteiger partial charge in [-0.2, -0.15) is 0 Å². The molecular formula is C20H20BrN3O3. The molecule has 0 saturated carbocycles. The predicted molar refractivity (Wildman–Crippen MR) is 106 cm³/mol. The van der Waals surface area contributed by atoms with Gasteiger partial charge in [0.15, 0.2) is 5.76 Å². The molecule has 1 aliphatic rings. The van der Waals surface area contributed by atoms with Crippen LogP contribution in [0.1, 0.15) is 16.2 Å². The Kier molecular flexibility index (Phi) is 4.78. The molecule has 2 aromatic heterocycles. The molecule has 0 atom stereocenters. The Morgan fingerprint density at radius 3 is 2.44 bits per heavy atom. The number of furan rings is 1. The first-order chi connectivity index (χ1) is 13.1. The molecule has 140 valence electrons. The largest absolute Gasteiger partial charge is 0.459 e. The fourth-order valence-corrected chi connectivity index (χ4v) is 4.09. The van der Waals surface area contributed by atoms with E-state index in [1.165, 1.54) is 6.26 Å². The molecule has 3 heterocycles. The highest BCUT2D eigenvalue weighted by Gasteiger charge is 2.26. The smallest absolute Gasteiger partial charge is 0.289 e. The van der Waals surface area contributed by atoms with E-state index in [1.54, 1.807) is 17.0 Å². The lowest BCUT2D eigenvalue weighted by Gasteiger charge is -2.34. The number of nitrogens with zero attached hydrogens (tertiary/aromatic N) is 3. The van der Waals surface area contributed by atoms with E-state index in [2.05, 4.69) is 15.9 Å². The molecule has 1 saturated heterocycles. The maximum atomic E-state index is 12.8. The molecule has 2 amide bonds. The normalized spacial score (nSPS) is 14.7. The lowest BCUT2D eigenvalue weighted by Crippen LogP contribution is -2.51. The summed E-state index contributed by atoms with van der Waals surface area (Å²) >= 11 is 3.63. The van der Waals surface area contributed by atoms with E-state index in [9.17, 15) is 9.59 Å². The van der Waals surface area contributed by atoms with Gasteiger partial charge in [0.1, 0.15) is 6.54 Å². The molecule has 6 nitrogen and oxygen atoms in total. The van der Waals surface area contributed by atoms with Crippen LogP contribution < -0.4 is 0 Å². The van der Waals surface area contributed by atoms with Crippen molar-refractivity contribution >= 4 is 38.6 Å². The zero-order chi connectivity index (χ0) is 19.0. The van der Waals surface area contributed by atoms with Crippen LogP contribution in [0.4, 0.5) is 0 Å². The monoisotopic (exact) mass is 429 g/mol. The summed E-state index contributed by atoms with van der Waals surface area (Å²) in [4.78, 5) is 28.7. The van der Waals surface area contributed by atoms with E-state index >= 15 is 0 Å². The van der Waals surface area contributed by atoms with Gasteiger partial charge in [0.2, 0.25) is 5.91 Å². The molecule has 1 aliphatic heterocycles. The minimum Gasteiger partial charge on any atom is -0.459 e. The van der Waals surface area contributed by atoms with Gasteiger partial charge in [0.25, 0.3) is 5.91 Å². The van der Waals surface area contributed by atoms with Crippen LogP contribution in [-0.2, 0) is 11.3 Å². The molecule has 7 heteroatoms. The quantitative estimate of drug-likeness (QED) is 0.641. The standard InChI is InChI=1S/C20H20BrN3O3/c1-14-19(21)15-5-2-3-6-16(15)24(14)13-18(25)22-8-10-23(11-9-22)20(26)17-7-4-12-27-17/h2-7,12H,8-11,13H2,1H3. The van der Waals surface area contributed by atoms with Crippen LogP contribution in [-0.4, -0.2) is 52.4 Å². The number of para-hydroxylation sites is 1. The van der Waals surface area contributed by atoms with Gasteiger partial charge in [0, 0.05) is 47.2 Å². The third-order valence-corrected chi connectivity index (χ3v) is 6.10. The molecular weight excluding hydrogens is 410 g/mol. The van der Waals surface area contributed by atoms with E-state index in [-0.39, 0.29) is 11.8 Å². The highest BCUT2D eigenvalue weighted by molar-refractivity contribution is 9.10. The van der Waals surface area contributed by atoms with Crippen molar-refractivity contribution in [3.8, 4) is 0 Å². The minimum absolute atomic E-state index is 0.0662.